The quantitative estimate of drug-likeness (QED) is 0.417. The minimum Gasteiger partial charge on any atom is -0.486 e. The fourth-order valence-corrected chi connectivity index (χ4v) is 5.45. The van der Waals surface area contributed by atoms with Crippen molar-refractivity contribution < 1.29 is 27.5 Å². The Labute approximate surface area is 230 Å². The van der Waals surface area contributed by atoms with Crippen molar-refractivity contribution in [3.63, 3.8) is 0 Å². The average molecular weight is 566 g/mol. The average Bonchev–Trinajstić information content (AvgIpc) is 2.86. The number of benzene rings is 2. The van der Waals surface area contributed by atoms with E-state index >= 15 is 0 Å². The zero-order valence-corrected chi connectivity index (χ0v) is 23.8. The van der Waals surface area contributed by atoms with E-state index in [9.17, 15) is 18.0 Å². The van der Waals surface area contributed by atoms with Gasteiger partial charge in [-0.1, -0.05) is 36.7 Å². The number of rotatable bonds is 12. The van der Waals surface area contributed by atoms with E-state index in [1.165, 1.54) is 9.21 Å². The molecule has 0 aliphatic carbocycles. The number of fused-ring (bicyclic) bond motifs is 1. The van der Waals surface area contributed by atoms with Gasteiger partial charge in [0.15, 0.2) is 11.5 Å². The van der Waals surface area contributed by atoms with Crippen LogP contribution in [-0.4, -0.2) is 63.2 Å². The summed E-state index contributed by atoms with van der Waals surface area (Å²) in [4.78, 5) is 28.0. The molecule has 2 amide bonds. The van der Waals surface area contributed by atoms with Crippen LogP contribution >= 0.6 is 11.6 Å². The highest BCUT2D eigenvalue weighted by Crippen LogP contribution is 2.34. The minimum atomic E-state index is -3.63. The third-order valence-corrected chi connectivity index (χ3v) is 7.64. The lowest BCUT2D eigenvalue weighted by molar-refractivity contribution is -0.141. The molecule has 2 aromatic carbocycles. The van der Waals surface area contributed by atoms with E-state index in [1.54, 1.807) is 30.3 Å². The fourth-order valence-electron chi connectivity index (χ4n) is 4.30. The van der Waals surface area contributed by atoms with Gasteiger partial charge in [0.1, 0.15) is 19.3 Å². The molecule has 11 heteroatoms. The van der Waals surface area contributed by atoms with Crippen molar-refractivity contribution in [1.29, 1.82) is 0 Å². The highest BCUT2D eigenvalue weighted by atomic mass is 35.5. The molecule has 1 unspecified atom stereocenters. The Bertz CT molecular complexity index is 1240. The zero-order chi connectivity index (χ0) is 27.9. The number of hydrogen-bond acceptors (Lipinski definition) is 6. The van der Waals surface area contributed by atoms with Gasteiger partial charge in [0.25, 0.3) is 0 Å². The molecule has 0 bridgehead atoms. The predicted molar refractivity (Wildman–Crippen MR) is 148 cm³/mol. The van der Waals surface area contributed by atoms with Gasteiger partial charge < -0.3 is 19.7 Å². The van der Waals surface area contributed by atoms with Gasteiger partial charge in [-0.2, -0.15) is 0 Å². The first-order valence-corrected chi connectivity index (χ1v) is 14.9. The lowest BCUT2D eigenvalue weighted by Crippen LogP contribution is -2.50. The van der Waals surface area contributed by atoms with Crippen LogP contribution in [0.5, 0.6) is 11.5 Å². The van der Waals surface area contributed by atoms with Crippen LogP contribution in [0.4, 0.5) is 5.69 Å². The Morgan fingerprint density at radius 2 is 1.76 bits per heavy atom. The standard InChI is InChI=1S/C27H36ClN3O6S/c1-5-23(27(33)29-19(2)3)30(18-20-9-6-7-10-22(20)28)26(32)11-8-14-31(38(4,34)35)21-12-13-24-25(17-21)37-16-15-36-24/h6-7,9-10,12-13,17,19,23H,5,8,11,14-16,18H2,1-4H3,(H,29,33). The van der Waals surface area contributed by atoms with E-state index in [0.29, 0.717) is 41.8 Å². The lowest BCUT2D eigenvalue weighted by atomic mass is 10.1. The van der Waals surface area contributed by atoms with Crippen LogP contribution < -0.4 is 19.1 Å². The van der Waals surface area contributed by atoms with Gasteiger partial charge in [-0.05, 0) is 50.5 Å². The molecule has 3 rings (SSSR count). The van der Waals surface area contributed by atoms with Gasteiger partial charge in [-0.3, -0.25) is 13.9 Å². The third-order valence-electron chi connectivity index (χ3n) is 6.08. The first-order valence-electron chi connectivity index (χ1n) is 12.7. The van der Waals surface area contributed by atoms with E-state index in [4.69, 9.17) is 21.1 Å². The molecule has 2 aromatic rings. The molecular formula is C27H36ClN3O6S. The van der Waals surface area contributed by atoms with Gasteiger partial charge in [0.05, 0.1) is 11.9 Å². The minimum absolute atomic E-state index is 0.0481. The van der Waals surface area contributed by atoms with Crippen LogP contribution in [-0.2, 0) is 26.2 Å². The van der Waals surface area contributed by atoms with Crippen LogP contribution in [0.2, 0.25) is 5.02 Å². The molecule has 0 spiro atoms. The Balaban J connectivity index is 1.78. The molecule has 0 saturated heterocycles. The van der Waals surface area contributed by atoms with Gasteiger partial charge >= 0.3 is 0 Å². The zero-order valence-electron chi connectivity index (χ0n) is 22.3. The van der Waals surface area contributed by atoms with Crippen molar-refractivity contribution in [2.45, 2.75) is 58.7 Å². The van der Waals surface area contributed by atoms with E-state index in [2.05, 4.69) is 5.32 Å². The number of amides is 2. The van der Waals surface area contributed by atoms with Crippen molar-refractivity contribution in [3.8, 4) is 11.5 Å². The molecule has 208 valence electrons. The molecular weight excluding hydrogens is 530 g/mol. The highest BCUT2D eigenvalue weighted by Gasteiger charge is 2.29. The summed E-state index contributed by atoms with van der Waals surface area (Å²) in [6.07, 6.45) is 1.84. The van der Waals surface area contributed by atoms with Crippen LogP contribution in [0.3, 0.4) is 0 Å². The molecule has 1 aliphatic rings. The summed E-state index contributed by atoms with van der Waals surface area (Å²) in [5.41, 5.74) is 1.16. The molecule has 38 heavy (non-hydrogen) atoms. The molecule has 0 fully saturated rings. The highest BCUT2D eigenvalue weighted by molar-refractivity contribution is 7.92. The maximum absolute atomic E-state index is 13.5. The number of hydrogen-bond donors (Lipinski definition) is 1. The summed E-state index contributed by atoms with van der Waals surface area (Å²) in [5, 5.41) is 3.40. The first-order chi connectivity index (χ1) is 18.0. The Morgan fingerprint density at radius 1 is 1.08 bits per heavy atom. The van der Waals surface area contributed by atoms with E-state index in [0.717, 1.165) is 11.8 Å². The number of carbonyl (C=O) groups is 2. The van der Waals surface area contributed by atoms with Gasteiger partial charge in [0.2, 0.25) is 21.8 Å². The van der Waals surface area contributed by atoms with Crippen molar-refractivity contribution in [1.82, 2.24) is 10.2 Å². The van der Waals surface area contributed by atoms with Crippen molar-refractivity contribution >= 4 is 39.1 Å². The number of ether oxygens (including phenoxy) is 2. The largest absolute Gasteiger partial charge is 0.486 e. The molecule has 1 heterocycles. The number of nitrogens with zero attached hydrogens (tertiary/aromatic N) is 2. The number of carbonyl (C=O) groups excluding carboxylic acids is 2. The summed E-state index contributed by atoms with van der Waals surface area (Å²) in [5.74, 6) is 0.540. The lowest BCUT2D eigenvalue weighted by Gasteiger charge is -2.32. The van der Waals surface area contributed by atoms with E-state index in [1.807, 2.05) is 32.9 Å². The second-order valence-electron chi connectivity index (χ2n) is 9.47. The van der Waals surface area contributed by atoms with Crippen LogP contribution in [0.15, 0.2) is 42.5 Å². The molecule has 0 radical (unpaired) electrons. The Morgan fingerprint density at radius 3 is 2.39 bits per heavy atom. The fraction of sp³-hybridized carbons (Fsp3) is 0.481. The molecule has 9 nitrogen and oxygen atoms in total. The van der Waals surface area contributed by atoms with Crippen LogP contribution in [0.25, 0.3) is 0 Å². The topological polar surface area (TPSA) is 105 Å². The number of halogens is 1. The predicted octanol–water partition coefficient (Wildman–Crippen LogP) is 3.99. The number of nitrogens with one attached hydrogen (secondary N) is 1. The molecule has 1 N–H and O–H groups in total. The Hall–Kier alpha value is -2.98. The second-order valence-corrected chi connectivity index (χ2v) is 11.8. The molecule has 0 aromatic heterocycles. The monoisotopic (exact) mass is 565 g/mol. The molecule has 1 atom stereocenters. The first kappa shape index (κ1) is 29.6. The summed E-state index contributed by atoms with van der Waals surface area (Å²) in [6.45, 7) is 6.65. The SMILES string of the molecule is CCC(C(=O)NC(C)C)N(Cc1ccccc1Cl)C(=O)CCCN(c1ccc2c(c1)OCCO2)S(C)(=O)=O. The summed E-state index contributed by atoms with van der Waals surface area (Å²) >= 11 is 6.37. The Kier molecular flexibility index (Phi) is 10.3. The molecule has 1 aliphatic heterocycles. The van der Waals surface area contributed by atoms with Crippen LogP contribution in [0.1, 0.15) is 45.6 Å². The smallest absolute Gasteiger partial charge is 0.243 e. The maximum Gasteiger partial charge on any atom is 0.243 e. The number of anilines is 1. The normalized spacial score (nSPS) is 13.6. The van der Waals surface area contributed by atoms with Crippen LogP contribution in [0, 0.1) is 0 Å². The van der Waals surface area contributed by atoms with Gasteiger partial charge in [0, 0.05) is 36.6 Å². The van der Waals surface area contributed by atoms with Crippen molar-refractivity contribution in [3.05, 3.63) is 53.1 Å². The van der Waals surface area contributed by atoms with Crippen molar-refractivity contribution in [2.24, 2.45) is 0 Å². The van der Waals surface area contributed by atoms with Gasteiger partial charge in [-0.15, -0.1) is 0 Å². The second kappa shape index (κ2) is 13.2. The summed E-state index contributed by atoms with van der Waals surface area (Å²) < 4.78 is 37.6. The van der Waals surface area contributed by atoms with Crippen molar-refractivity contribution in [2.75, 3.05) is 30.3 Å². The summed E-state index contributed by atoms with van der Waals surface area (Å²) in [7, 11) is -3.63. The maximum atomic E-state index is 13.5. The van der Waals surface area contributed by atoms with E-state index in [-0.39, 0.29) is 43.8 Å². The summed E-state index contributed by atoms with van der Waals surface area (Å²) in [6, 6.07) is 11.4. The van der Waals surface area contributed by atoms with Gasteiger partial charge in [-0.25, -0.2) is 8.42 Å². The molecule has 0 saturated carbocycles. The third kappa shape index (κ3) is 7.77. The number of sulfonamides is 1. The van der Waals surface area contributed by atoms with E-state index < -0.39 is 16.1 Å².